The summed E-state index contributed by atoms with van der Waals surface area (Å²) in [5.74, 6) is -0.995. The van der Waals surface area contributed by atoms with Crippen LogP contribution in [0.15, 0.2) is 78.9 Å². The number of rotatable bonds is 7. The third-order valence-electron chi connectivity index (χ3n) is 8.16. The van der Waals surface area contributed by atoms with E-state index in [-0.39, 0.29) is 23.7 Å². The van der Waals surface area contributed by atoms with Crippen LogP contribution >= 0.6 is 0 Å². The first kappa shape index (κ1) is 26.9. The predicted molar refractivity (Wildman–Crippen MR) is 151 cm³/mol. The van der Waals surface area contributed by atoms with Crippen molar-refractivity contribution in [2.24, 2.45) is 0 Å². The SMILES string of the molecule is C[C@@H]1CN([C@@H](c2cccc(O)c2)c2cccc(C(=O)N3CCCC3C(=O)O)c2)[C@@H](C)CN1Cc1ccccc1. The number of benzene rings is 3. The van der Waals surface area contributed by atoms with Crippen LogP contribution in [-0.4, -0.2) is 74.5 Å². The second-order valence-corrected chi connectivity index (χ2v) is 10.9. The van der Waals surface area contributed by atoms with E-state index in [2.05, 4.69) is 47.9 Å². The highest BCUT2D eigenvalue weighted by Gasteiger charge is 2.37. The van der Waals surface area contributed by atoms with Crippen LogP contribution in [0.3, 0.4) is 0 Å². The highest BCUT2D eigenvalue weighted by atomic mass is 16.4. The fraction of sp³-hybridized carbons (Fsp3) is 0.375. The number of phenols is 1. The van der Waals surface area contributed by atoms with E-state index in [1.807, 2.05) is 36.4 Å². The number of piperazine rings is 1. The number of carboxylic acid groups (broad SMARTS) is 1. The lowest BCUT2D eigenvalue weighted by atomic mass is 9.92. The van der Waals surface area contributed by atoms with E-state index in [0.717, 1.165) is 30.8 Å². The molecule has 4 atom stereocenters. The predicted octanol–water partition coefficient (Wildman–Crippen LogP) is 4.77. The van der Waals surface area contributed by atoms with Crippen molar-refractivity contribution in [3.8, 4) is 5.75 Å². The Kier molecular flexibility index (Phi) is 8.00. The van der Waals surface area contributed by atoms with Gasteiger partial charge in [-0.15, -0.1) is 0 Å². The fourth-order valence-corrected chi connectivity index (χ4v) is 6.17. The van der Waals surface area contributed by atoms with Gasteiger partial charge in [-0.2, -0.15) is 0 Å². The zero-order chi connectivity index (χ0) is 27.5. The Labute approximate surface area is 230 Å². The van der Waals surface area contributed by atoms with Gasteiger partial charge in [0, 0.05) is 43.8 Å². The molecule has 2 saturated heterocycles. The topological polar surface area (TPSA) is 84.3 Å². The molecule has 0 spiro atoms. The second kappa shape index (κ2) is 11.6. The number of amides is 1. The van der Waals surface area contributed by atoms with Crippen molar-refractivity contribution in [2.75, 3.05) is 19.6 Å². The van der Waals surface area contributed by atoms with Crippen molar-refractivity contribution in [1.29, 1.82) is 0 Å². The zero-order valence-electron chi connectivity index (χ0n) is 22.6. The summed E-state index contributed by atoms with van der Waals surface area (Å²) in [6.07, 6.45) is 1.17. The highest BCUT2D eigenvalue weighted by Crippen LogP contribution is 2.35. The van der Waals surface area contributed by atoms with Gasteiger partial charge in [0.1, 0.15) is 11.8 Å². The standard InChI is InChI=1S/C32H37N3O4/c1-22-20-35(23(2)19-33(22)21-24-9-4-3-5-10-24)30(26-12-7-14-28(36)18-26)25-11-6-13-27(17-25)31(37)34-16-8-15-29(34)32(38)39/h3-7,9-14,17-18,22-23,29-30,36H,8,15-16,19-21H2,1-2H3,(H,38,39)/t22-,23+,29?,30-/m1/s1. The van der Waals surface area contributed by atoms with Gasteiger partial charge in [-0.05, 0) is 67.6 Å². The molecule has 2 aliphatic heterocycles. The first-order valence-electron chi connectivity index (χ1n) is 13.8. The summed E-state index contributed by atoms with van der Waals surface area (Å²) in [5, 5.41) is 20.0. The van der Waals surface area contributed by atoms with Gasteiger partial charge in [-0.25, -0.2) is 4.79 Å². The van der Waals surface area contributed by atoms with Crippen LogP contribution in [0.4, 0.5) is 0 Å². The molecule has 0 saturated carbocycles. The first-order chi connectivity index (χ1) is 18.8. The normalized spacial score (nSPS) is 23.0. The molecule has 204 valence electrons. The molecule has 3 aromatic carbocycles. The van der Waals surface area contributed by atoms with E-state index in [4.69, 9.17) is 0 Å². The van der Waals surface area contributed by atoms with E-state index >= 15 is 0 Å². The Balaban J connectivity index is 1.45. The molecule has 2 aliphatic rings. The van der Waals surface area contributed by atoms with Crippen LogP contribution in [0, 0.1) is 0 Å². The van der Waals surface area contributed by atoms with Crippen molar-refractivity contribution in [3.05, 3.63) is 101 Å². The summed E-state index contributed by atoms with van der Waals surface area (Å²) in [7, 11) is 0. The summed E-state index contributed by atoms with van der Waals surface area (Å²) < 4.78 is 0. The highest BCUT2D eigenvalue weighted by molar-refractivity contribution is 5.97. The van der Waals surface area contributed by atoms with Gasteiger partial charge >= 0.3 is 5.97 Å². The molecule has 1 amide bonds. The van der Waals surface area contributed by atoms with Gasteiger partial charge in [-0.3, -0.25) is 14.6 Å². The summed E-state index contributed by atoms with van der Waals surface area (Å²) in [6.45, 7) is 7.53. The molecular weight excluding hydrogens is 490 g/mol. The van der Waals surface area contributed by atoms with E-state index in [1.165, 1.54) is 10.5 Å². The van der Waals surface area contributed by atoms with Crippen molar-refractivity contribution >= 4 is 11.9 Å². The molecule has 7 heteroatoms. The number of carbonyl (C=O) groups is 2. The Bertz CT molecular complexity index is 1310. The molecule has 5 rings (SSSR count). The van der Waals surface area contributed by atoms with E-state index in [0.29, 0.717) is 31.0 Å². The van der Waals surface area contributed by atoms with Crippen LogP contribution in [0.25, 0.3) is 0 Å². The minimum atomic E-state index is -0.953. The van der Waals surface area contributed by atoms with Crippen molar-refractivity contribution in [1.82, 2.24) is 14.7 Å². The van der Waals surface area contributed by atoms with Gasteiger partial charge in [0.2, 0.25) is 0 Å². The summed E-state index contributed by atoms with van der Waals surface area (Å²) >= 11 is 0. The third kappa shape index (κ3) is 5.84. The maximum Gasteiger partial charge on any atom is 0.326 e. The molecule has 1 unspecified atom stereocenters. The molecule has 0 radical (unpaired) electrons. The number of nitrogens with zero attached hydrogens (tertiary/aromatic N) is 3. The minimum absolute atomic E-state index is 0.171. The summed E-state index contributed by atoms with van der Waals surface area (Å²) in [6, 6.07) is 25.0. The van der Waals surface area contributed by atoms with Crippen molar-refractivity contribution in [2.45, 2.75) is 57.4 Å². The van der Waals surface area contributed by atoms with Crippen molar-refractivity contribution in [3.63, 3.8) is 0 Å². The molecule has 2 fully saturated rings. The number of hydrogen-bond donors (Lipinski definition) is 2. The number of carboxylic acids is 1. The number of hydrogen-bond acceptors (Lipinski definition) is 5. The minimum Gasteiger partial charge on any atom is -0.508 e. The molecule has 0 bridgehead atoms. The van der Waals surface area contributed by atoms with E-state index < -0.39 is 12.0 Å². The van der Waals surface area contributed by atoms with Crippen LogP contribution < -0.4 is 0 Å². The molecule has 7 nitrogen and oxygen atoms in total. The van der Waals surface area contributed by atoms with Crippen LogP contribution in [0.1, 0.15) is 59.8 Å². The molecule has 2 heterocycles. The zero-order valence-corrected chi connectivity index (χ0v) is 22.6. The molecule has 39 heavy (non-hydrogen) atoms. The molecule has 0 aliphatic carbocycles. The van der Waals surface area contributed by atoms with Gasteiger partial charge in [0.15, 0.2) is 0 Å². The molecule has 2 N–H and O–H groups in total. The van der Waals surface area contributed by atoms with Crippen LogP contribution in [0.5, 0.6) is 5.75 Å². The summed E-state index contributed by atoms with van der Waals surface area (Å²) in [4.78, 5) is 31.6. The lowest BCUT2D eigenvalue weighted by Gasteiger charge is -2.47. The van der Waals surface area contributed by atoms with Gasteiger partial charge in [0.25, 0.3) is 5.91 Å². The monoisotopic (exact) mass is 527 g/mol. The number of aliphatic carboxylic acids is 1. The Morgan fingerprint density at radius 3 is 2.33 bits per heavy atom. The molecule has 3 aromatic rings. The molecular formula is C32H37N3O4. The van der Waals surface area contributed by atoms with E-state index in [1.54, 1.807) is 18.2 Å². The van der Waals surface area contributed by atoms with E-state index in [9.17, 15) is 19.8 Å². The second-order valence-electron chi connectivity index (χ2n) is 10.9. The number of phenolic OH excluding ortho intramolecular Hbond substituents is 1. The largest absolute Gasteiger partial charge is 0.508 e. The first-order valence-corrected chi connectivity index (χ1v) is 13.8. The Hall–Kier alpha value is -3.68. The average molecular weight is 528 g/mol. The van der Waals surface area contributed by atoms with Crippen LogP contribution in [0.2, 0.25) is 0 Å². The average Bonchev–Trinajstić information content (AvgIpc) is 3.43. The van der Waals surface area contributed by atoms with Crippen LogP contribution in [-0.2, 0) is 11.3 Å². The maximum absolute atomic E-state index is 13.4. The fourth-order valence-electron chi connectivity index (χ4n) is 6.17. The third-order valence-corrected chi connectivity index (χ3v) is 8.16. The van der Waals surface area contributed by atoms with Gasteiger partial charge in [-0.1, -0.05) is 54.6 Å². The smallest absolute Gasteiger partial charge is 0.326 e. The van der Waals surface area contributed by atoms with Gasteiger partial charge in [0.05, 0.1) is 6.04 Å². The Morgan fingerprint density at radius 2 is 1.62 bits per heavy atom. The lowest BCUT2D eigenvalue weighted by Crippen LogP contribution is -2.56. The number of carbonyl (C=O) groups excluding carboxylic acids is 1. The quantitative estimate of drug-likeness (QED) is 0.461. The Morgan fingerprint density at radius 1 is 0.897 bits per heavy atom. The molecule has 0 aromatic heterocycles. The van der Waals surface area contributed by atoms with Crippen molar-refractivity contribution < 1.29 is 19.8 Å². The number of likely N-dealkylation sites (tertiary alicyclic amines) is 1. The number of aromatic hydroxyl groups is 1. The maximum atomic E-state index is 13.4. The lowest BCUT2D eigenvalue weighted by molar-refractivity contribution is -0.141. The van der Waals surface area contributed by atoms with Gasteiger partial charge < -0.3 is 15.1 Å². The summed E-state index contributed by atoms with van der Waals surface area (Å²) in [5.41, 5.74) is 3.70.